The topological polar surface area (TPSA) is 103 Å². The van der Waals surface area contributed by atoms with Crippen molar-refractivity contribution >= 4 is 17.8 Å². The van der Waals surface area contributed by atoms with E-state index >= 15 is 0 Å². The van der Waals surface area contributed by atoms with Crippen LogP contribution in [-0.2, 0) is 4.79 Å². The minimum atomic E-state index is -0.541. The minimum absolute atomic E-state index is 0.0232. The van der Waals surface area contributed by atoms with E-state index in [0.29, 0.717) is 24.3 Å². The predicted molar refractivity (Wildman–Crippen MR) is 76.8 cm³/mol. The molecule has 114 valence electrons. The highest BCUT2D eigenvalue weighted by Gasteiger charge is 2.28. The van der Waals surface area contributed by atoms with Crippen LogP contribution in [0.15, 0.2) is 29.4 Å². The number of nitro benzene ring substituents is 1. The van der Waals surface area contributed by atoms with Gasteiger partial charge in [0.2, 0.25) is 12.7 Å². The molecule has 1 amide bonds. The normalized spacial score (nSPS) is 16.6. The molecule has 1 heterocycles. The number of carbonyl (C=O) groups is 1. The zero-order valence-corrected chi connectivity index (χ0v) is 11.6. The van der Waals surface area contributed by atoms with Gasteiger partial charge in [-0.3, -0.25) is 14.9 Å². The van der Waals surface area contributed by atoms with E-state index in [1.54, 1.807) is 0 Å². The Morgan fingerprint density at radius 1 is 1.41 bits per heavy atom. The average Bonchev–Trinajstić information content (AvgIpc) is 2.90. The SMILES string of the molecule is C=C1CC(C(=O)N/N=C\c2cc3c(cc2[N+](=O)[O-])OCO3)C1. The summed E-state index contributed by atoms with van der Waals surface area (Å²) in [5.74, 6) is 0.401. The maximum atomic E-state index is 11.7. The van der Waals surface area contributed by atoms with Crippen molar-refractivity contribution < 1.29 is 19.2 Å². The molecule has 0 aromatic heterocycles. The lowest BCUT2D eigenvalue weighted by atomic mass is 9.81. The van der Waals surface area contributed by atoms with Crippen LogP contribution >= 0.6 is 0 Å². The number of hydrazone groups is 1. The highest BCUT2D eigenvalue weighted by atomic mass is 16.7. The van der Waals surface area contributed by atoms with E-state index in [4.69, 9.17) is 9.47 Å². The smallest absolute Gasteiger partial charge is 0.282 e. The number of hydrogen-bond acceptors (Lipinski definition) is 6. The van der Waals surface area contributed by atoms with Gasteiger partial charge in [0.05, 0.1) is 22.8 Å². The van der Waals surface area contributed by atoms with Crippen molar-refractivity contribution in [3.05, 3.63) is 40.0 Å². The Morgan fingerprint density at radius 2 is 2.09 bits per heavy atom. The fourth-order valence-corrected chi connectivity index (χ4v) is 2.29. The summed E-state index contributed by atoms with van der Waals surface area (Å²) in [6.45, 7) is 3.79. The van der Waals surface area contributed by atoms with E-state index < -0.39 is 4.92 Å². The minimum Gasteiger partial charge on any atom is -0.454 e. The molecular formula is C14H13N3O5. The van der Waals surface area contributed by atoms with E-state index in [2.05, 4.69) is 17.1 Å². The van der Waals surface area contributed by atoms with Crippen molar-refractivity contribution in [3.8, 4) is 11.5 Å². The van der Waals surface area contributed by atoms with Crippen molar-refractivity contribution in [2.24, 2.45) is 11.0 Å². The van der Waals surface area contributed by atoms with Crippen molar-refractivity contribution in [2.75, 3.05) is 6.79 Å². The Kier molecular flexibility index (Phi) is 3.50. The Labute approximate surface area is 125 Å². The van der Waals surface area contributed by atoms with Gasteiger partial charge in [-0.15, -0.1) is 0 Å². The lowest BCUT2D eigenvalue weighted by Gasteiger charge is -2.25. The lowest BCUT2D eigenvalue weighted by Crippen LogP contribution is -2.32. The maximum Gasteiger partial charge on any atom is 0.282 e. The lowest BCUT2D eigenvalue weighted by molar-refractivity contribution is -0.385. The van der Waals surface area contributed by atoms with Crippen LogP contribution in [0.1, 0.15) is 18.4 Å². The summed E-state index contributed by atoms with van der Waals surface area (Å²) in [4.78, 5) is 22.3. The molecular weight excluding hydrogens is 290 g/mol. The van der Waals surface area contributed by atoms with Crippen LogP contribution in [0, 0.1) is 16.0 Å². The molecule has 0 spiro atoms. The molecule has 1 aliphatic carbocycles. The first-order valence-electron chi connectivity index (χ1n) is 6.62. The second-order valence-electron chi connectivity index (χ2n) is 5.11. The molecule has 0 bridgehead atoms. The quantitative estimate of drug-likeness (QED) is 0.395. The molecule has 0 radical (unpaired) electrons. The number of nitrogens with one attached hydrogen (secondary N) is 1. The van der Waals surface area contributed by atoms with Gasteiger partial charge in [0.25, 0.3) is 5.69 Å². The largest absolute Gasteiger partial charge is 0.454 e. The second-order valence-corrected chi connectivity index (χ2v) is 5.11. The first-order chi connectivity index (χ1) is 10.5. The van der Waals surface area contributed by atoms with Crippen molar-refractivity contribution in [3.63, 3.8) is 0 Å². The molecule has 1 aliphatic heterocycles. The highest BCUT2D eigenvalue weighted by Crippen LogP contribution is 2.37. The van der Waals surface area contributed by atoms with Gasteiger partial charge in [0.15, 0.2) is 11.5 Å². The van der Waals surface area contributed by atoms with E-state index in [0.717, 1.165) is 5.57 Å². The van der Waals surface area contributed by atoms with Crippen molar-refractivity contribution in [1.29, 1.82) is 0 Å². The third-order valence-electron chi connectivity index (χ3n) is 3.54. The van der Waals surface area contributed by atoms with Gasteiger partial charge < -0.3 is 9.47 Å². The number of rotatable bonds is 4. The Balaban J connectivity index is 1.73. The summed E-state index contributed by atoms with van der Waals surface area (Å²) >= 11 is 0. The summed E-state index contributed by atoms with van der Waals surface area (Å²) in [6, 6.07) is 2.74. The molecule has 8 nitrogen and oxygen atoms in total. The van der Waals surface area contributed by atoms with Crippen LogP contribution in [0.25, 0.3) is 0 Å². The molecule has 0 unspecified atom stereocenters. The van der Waals surface area contributed by atoms with Crippen LogP contribution in [0.2, 0.25) is 0 Å². The number of carbonyl (C=O) groups excluding carboxylic acids is 1. The number of fused-ring (bicyclic) bond motifs is 1. The number of nitrogens with zero attached hydrogens (tertiary/aromatic N) is 2. The molecule has 0 saturated heterocycles. The fraction of sp³-hybridized carbons (Fsp3) is 0.286. The van der Waals surface area contributed by atoms with Crippen molar-refractivity contribution in [2.45, 2.75) is 12.8 Å². The molecule has 1 saturated carbocycles. The van der Waals surface area contributed by atoms with E-state index in [1.165, 1.54) is 18.3 Å². The molecule has 1 fully saturated rings. The third kappa shape index (κ3) is 2.62. The van der Waals surface area contributed by atoms with E-state index in [1.807, 2.05) is 0 Å². The summed E-state index contributed by atoms with van der Waals surface area (Å²) in [6.07, 6.45) is 2.54. The predicted octanol–water partition coefficient (Wildman–Crippen LogP) is 1.74. The van der Waals surface area contributed by atoms with Crippen LogP contribution in [0.4, 0.5) is 5.69 Å². The maximum absolute atomic E-state index is 11.7. The molecule has 1 aromatic rings. The van der Waals surface area contributed by atoms with E-state index in [9.17, 15) is 14.9 Å². The number of ether oxygens (including phenoxy) is 2. The number of hydrogen-bond donors (Lipinski definition) is 1. The molecule has 3 rings (SSSR count). The molecule has 1 N–H and O–H groups in total. The summed E-state index contributed by atoms with van der Waals surface area (Å²) in [5.41, 5.74) is 3.48. The third-order valence-corrected chi connectivity index (χ3v) is 3.54. The monoisotopic (exact) mass is 303 g/mol. The molecule has 0 atom stereocenters. The molecule has 2 aliphatic rings. The highest BCUT2D eigenvalue weighted by molar-refractivity contribution is 5.88. The van der Waals surface area contributed by atoms with Crippen LogP contribution in [0.5, 0.6) is 11.5 Å². The van der Waals surface area contributed by atoms with Crippen LogP contribution < -0.4 is 14.9 Å². The summed E-state index contributed by atoms with van der Waals surface area (Å²) < 4.78 is 10.3. The Hall–Kier alpha value is -2.90. The van der Waals surface area contributed by atoms with E-state index in [-0.39, 0.29) is 29.9 Å². The van der Waals surface area contributed by atoms with Gasteiger partial charge in [0.1, 0.15) is 0 Å². The van der Waals surface area contributed by atoms with Crippen LogP contribution in [0.3, 0.4) is 0 Å². The van der Waals surface area contributed by atoms with Gasteiger partial charge in [-0.1, -0.05) is 12.2 Å². The van der Waals surface area contributed by atoms with Crippen molar-refractivity contribution in [1.82, 2.24) is 5.43 Å². The zero-order chi connectivity index (χ0) is 15.7. The first-order valence-corrected chi connectivity index (χ1v) is 6.62. The van der Waals surface area contributed by atoms with Gasteiger partial charge >= 0.3 is 0 Å². The number of nitro groups is 1. The summed E-state index contributed by atoms with van der Waals surface area (Å²) in [5, 5.41) is 14.9. The number of amides is 1. The standard InChI is InChI=1S/C14H13N3O5/c1-8-2-9(3-8)14(18)16-15-6-10-4-12-13(22-7-21-12)5-11(10)17(19)20/h4-6,9H,1-3,7H2,(H,16,18)/b15-6-. The number of benzene rings is 1. The summed E-state index contributed by atoms with van der Waals surface area (Å²) in [7, 11) is 0. The first kappa shape index (κ1) is 14.1. The van der Waals surface area contributed by atoms with Crippen LogP contribution in [-0.4, -0.2) is 23.8 Å². The van der Waals surface area contributed by atoms with Gasteiger partial charge in [-0.05, 0) is 18.9 Å². The van der Waals surface area contributed by atoms with Gasteiger partial charge in [-0.25, -0.2) is 5.43 Å². The Morgan fingerprint density at radius 3 is 2.73 bits per heavy atom. The molecule has 8 heteroatoms. The second kappa shape index (κ2) is 5.47. The fourth-order valence-electron chi connectivity index (χ4n) is 2.29. The van der Waals surface area contributed by atoms with Gasteiger partial charge in [0, 0.05) is 5.92 Å². The number of allylic oxidation sites excluding steroid dienone is 1. The Bertz CT molecular complexity index is 690. The molecule has 1 aromatic carbocycles. The average molecular weight is 303 g/mol. The molecule has 22 heavy (non-hydrogen) atoms. The zero-order valence-electron chi connectivity index (χ0n) is 11.6. The van der Waals surface area contributed by atoms with Gasteiger partial charge in [-0.2, -0.15) is 5.10 Å².